The van der Waals surface area contributed by atoms with E-state index in [1.807, 2.05) is 24.0 Å². The number of carbonyl (C=O) groups is 1. The largest absolute Gasteiger partial charge is 0.345 e. The Balaban J connectivity index is 1.40. The molecule has 1 aromatic carbocycles. The highest BCUT2D eigenvalue weighted by molar-refractivity contribution is 7.88. The fourth-order valence-electron chi connectivity index (χ4n) is 4.05. The predicted octanol–water partition coefficient (Wildman–Crippen LogP) is 2.58. The minimum atomic E-state index is -3.25. The number of benzene rings is 1. The summed E-state index contributed by atoms with van der Waals surface area (Å²) in [7, 11) is -3.25. The van der Waals surface area contributed by atoms with Crippen molar-refractivity contribution in [2.75, 3.05) is 50.4 Å². The van der Waals surface area contributed by atoms with Crippen molar-refractivity contribution in [3.05, 3.63) is 22.7 Å². The maximum absolute atomic E-state index is 13.0. The summed E-state index contributed by atoms with van der Waals surface area (Å²) in [6.07, 6.45) is 2.70. The molecular weight excluding hydrogens is 432 g/mol. The molecule has 2 aliphatic heterocycles. The summed E-state index contributed by atoms with van der Waals surface area (Å²) < 4.78 is 26.2. The third-order valence-electron chi connectivity index (χ3n) is 5.80. The van der Waals surface area contributed by atoms with Gasteiger partial charge >= 0.3 is 0 Å². The Bertz CT molecular complexity index is 1030. The fourth-order valence-corrected chi connectivity index (χ4v) is 6.19. The molecule has 10 heteroatoms. The van der Waals surface area contributed by atoms with Gasteiger partial charge in [-0.15, -0.1) is 0 Å². The first-order chi connectivity index (χ1) is 13.7. The second-order valence-electron chi connectivity index (χ2n) is 7.79. The fraction of sp³-hybridized carbons (Fsp3) is 0.579. The van der Waals surface area contributed by atoms with Crippen LogP contribution < -0.4 is 4.90 Å². The lowest BCUT2D eigenvalue weighted by molar-refractivity contribution is -0.137. The van der Waals surface area contributed by atoms with Crippen LogP contribution in [-0.4, -0.2) is 74.0 Å². The molecule has 1 amide bonds. The van der Waals surface area contributed by atoms with E-state index in [9.17, 15) is 13.2 Å². The van der Waals surface area contributed by atoms with Crippen molar-refractivity contribution in [2.45, 2.75) is 19.8 Å². The zero-order chi connectivity index (χ0) is 20.8. The van der Waals surface area contributed by atoms with Crippen LogP contribution in [0.1, 0.15) is 18.4 Å². The van der Waals surface area contributed by atoms with Crippen LogP contribution in [0.3, 0.4) is 0 Å². The number of nitrogens with zero attached hydrogens (tertiary/aromatic N) is 4. The summed E-state index contributed by atoms with van der Waals surface area (Å²) in [5.74, 6) is -0.165. The van der Waals surface area contributed by atoms with E-state index in [0.717, 1.165) is 51.9 Å². The Morgan fingerprint density at radius 1 is 1.21 bits per heavy atom. The minimum absolute atomic E-state index is 0.0740. The molecule has 4 rings (SSSR count). The normalized spacial score (nSPS) is 21.7. The number of aryl methyl sites for hydroxylation is 1. The van der Waals surface area contributed by atoms with Crippen LogP contribution in [0.4, 0.5) is 5.13 Å². The van der Waals surface area contributed by atoms with E-state index in [1.54, 1.807) is 11.3 Å². The van der Waals surface area contributed by atoms with Crippen molar-refractivity contribution in [3.63, 3.8) is 0 Å². The molecule has 0 spiro atoms. The van der Waals surface area contributed by atoms with E-state index in [1.165, 1.54) is 10.6 Å². The number of sulfonamides is 1. The number of amides is 1. The summed E-state index contributed by atoms with van der Waals surface area (Å²) in [5.41, 5.74) is 1.94. The molecule has 1 unspecified atom stereocenters. The van der Waals surface area contributed by atoms with Gasteiger partial charge in [0, 0.05) is 44.3 Å². The van der Waals surface area contributed by atoms with E-state index in [-0.39, 0.29) is 11.8 Å². The van der Waals surface area contributed by atoms with Crippen molar-refractivity contribution in [2.24, 2.45) is 5.92 Å². The molecule has 0 radical (unpaired) electrons. The first kappa shape index (κ1) is 20.8. The molecule has 1 aromatic heterocycles. The van der Waals surface area contributed by atoms with Crippen molar-refractivity contribution >= 4 is 54.2 Å². The lowest BCUT2D eigenvalue weighted by Crippen LogP contribution is -2.53. The van der Waals surface area contributed by atoms with E-state index in [4.69, 9.17) is 16.6 Å². The monoisotopic (exact) mass is 456 g/mol. The first-order valence-corrected chi connectivity index (χ1v) is 12.8. The van der Waals surface area contributed by atoms with E-state index in [2.05, 4.69) is 4.90 Å². The summed E-state index contributed by atoms with van der Waals surface area (Å²) in [4.78, 5) is 21.8. The molecular formula is C19H25ClN4O3S2. The Hall–Kier alpha value is -1.42. The van der Waals surface area contributed by atoms with Gasteiger partial charge in [0.2, 0.25) is 15.9 Å². The van der Waals surface area contributed by atoms with Crippen LogP contribution >= 0.6 is 22.9 Å². The number of thiazole rings is 1. The second-order valence-corrected chi connectivity index (χ2v) is 11.2. The Morgan fingerprint density at radius 3 is 2.62 bits per heavy atom. The third-order valence-corrected chi connectivity index (χ3v) is 8.56. The number of fused-ring (bicyclic) bond motifs is 1. The smallest absolute Gasteiger partial charge is 0.227 e. The molecule has 2 fully saturated rings. The zero-order valence-corrected chi connectivity index (χ0v) is 19.0. The third kappa shape index (κ3) is 4.23. The van der Waals surface area contributed by atoms with Crippen molar-refractivity contribution in [1.29, 1.82) is 0 Å². The number of hydrogen-bond donors (Lipinski definition) is 0. The molecule has 2 saturated heterocycles. The first-order valence-electron chi connectivity index (χ1n) is 9.78. The number of piperazine rings is 1. The number of anilines is 1. The van der Waals surface area contributed by atoms with Crippen molar-refractivity contribution in [1.82, 2.24) is 14.2 Å². The number of aromatic nitrogens is 1. The quantitative estimate of drug-likeness (QED) is 0.709. The van der Waals surface area contributed by atoms with Gasteiger partial charge in [0.15, 0.2) is 5.13 Å². The minimum Gasteiger partial charge on any atom is -0.345 e. The highest BCUT2D eigenvalue weighted by Crippen LogP contribution is 2.34. The number of hydrogen-bond acceptors (Lipinski definition) is 6. The molecule has 2 aliphatic rings. The van der Waals surface area contributed by atoms with E-state index in [0.29, 0.717) is 26.2 Å². The number of carbonyl (C=O) groups excluding carboxylic acids is 1. The molecule has 158 valence electrons. The highest BCUT2D eigenvalue weighted by atomic mass is 35.5. The maximum atomic E-state index is 13.0. The number of halogens is 1. The standard InChI is InChI=1S/C19H25ClN4O3S2/c1-13-15(20)5-6-16-17(13)21-19(28-16)23-10-8-22(9-11-23)18(25)14-4-3-7-24(12-14)29(2,26)27/h5-6,14H,3-4,7-12H2,1-2H3. The Labute approximate surface area is 180 Å². The van der Waals surface area contributed by atoms with Crippen molar-refractivity contribution in [3.8, 4) is 0 Å². The number of rotatable bonds is 3. The van der Waals surface area contributed by atoms with Crippen LogP contribution in [0, 0.1) is 12.8 Å². The number of piperidine rings is 1. The zero-order valence-electron chi connectivity index (χ0n) is 16.6. The van der Waals surface area contributed by atoms with Gasteiger partial charge in [0.05, 0.1) is 22.4 Å². The topological polar surface area (TPSA) is 73.8 Å². The molecule has 0 bridgehead atoms. The van der Waals surface area contributed by atoms with Gasteiger partial charge in [-0.3, -0.25) is 4.79 Å². The van der Waals surface area contributed by atoms with E-state index < -0.39 is 10.0 Å². The van der Waals surface area contributed by atoms with E-state index >= 15 is 0 Å². The van der Waals surface area contributed by atoms with Gasteiger partial charge in [-0.25, -0.2) is 17.7 Å². The summed E-state index contributed by atoms with van der Waals surface area (Å²) in [6, 6.07) is 3.91. The van der Waals surface area contributed by atoms with Gasteiger partial charge in [-0.1, -0.05) is 22.9 Å². The molecule has 1 atom stereocenters. The van der Waals surface area contributed by atoms with Crippen LogP contribution in [-0.2, 0) is 14.8 Å². The van der Waals surface area contributed by atoms with Crippen molar-refractivity contribution < 1.29 is 13.2 Å². The lowest BCUT2D eigenvalue weighted by atomic mass is 9.98. The SMILES string of the molecule is Cc1c(Cl)ccc2sc(N3CCN(C(=O)C4CCCN(S(C)(=O)=O)C4)CC3)nc12. The predicted molar refractivity (Wildman–Crippen MR) is 117 cm³/mol. The van der Waals surface area contributed by atoms with Crippen LogP contribution in [0.25, 0.3) is 10.2 Å². The van der Waals surface area contributed by atoms with Gasteiger partial charge < -0.3 is 9.80 Å². The summed E-state index contributed by atoms with van der Waals surface area (Å²) in [5, 5.41) is 1.68. The van der Waals surface area contributed by atoms with Crippen LogP contribution in [0.15, 0.2) is 12.1 Å². The molecule has 29 heavy (non-hydrogen) atoms. The van der Waals surface area contributed by atoms with Gasteiger partial charge in [-0.2, -0.15) is 0 Å². The summed E-state index contributed by atoms with van der Waals surface area (Å²) >= 11 is 7.86. The van der Waals surface area contributed by atoms with Crippen LogP contribution in [0.2, 0.25) is 5.02 Å². The molecule has 0 aliphatic carbocycles. The Morgan fingerprint density at radius 2 is 1.93 bits per heavy atom. The van der Waals surface area contributed by atoms with Crippen LogP contribution in [0.5, 0.6) is 0 Å². The maximum Gasteiger partial charge on any atom is 0.227 e. The van der Waals surface area contributed by atoms with Gasteiger partial charge in [0.1, 0.15) is 0 Å². The highest BCUT2D eigenvalue weighted by Gasteiger charge is 2.34. The second kappa shape index (κ2) is 8.02. The average molecular weight is 457 g/mol. The molecule has 3 heterocycles. The Kier molecular flexibility index (Phi) is 5.76. The van der Waals surface area contributed by atoms with Gasteiger partial charge in [-0.05, 0) is 37.5 Å². The molecule has 0 saturated carbocycles. The molecule has 2 aromatic rings. The molecule has 7 nitrogen and oxygen atoms in total. The summed E-state index contributed by atoms with van der Waals surface area (Å²) in [6.45, 7) is 5.50. The van der Waals surface area contributed by atoms with Gasteiger partial charge in [0.25, 0.3) is 0 Å². The molecule has 0 N–H and O–H groups in total. The lowest BCUT2D eigenvalue weighted by Gasteiger charge is -2.38. The average Bonchev–Trinajstić information content (AvgIpc) is 3.15.